The molecular formula is C14H17O2S2-. The second kappa shape index (κ2) is 7.46. The lowest BCUT2D eigenvalue weighted by Crippen LogP contribution is -1.92. The fourth-order valence-electron chi connectivity index (χ4n) is 2.13. The van der Waals surface area contributed by atoms with Gasteiger partial charge in [0.05, 0.1) is 0 Å². The van der Waals surface area contributed by atoms with Crippen LogP contribution in [0, 0.1) is 0 Å². The average Bonchev–Trinajstić information content (AvgIpc) is 2.36. The maximum atomic E-state index is 8.93. The topological polar surface area (TPSA) is 37.3 Å². The van der Waals surface area contributed by atoms with E-state index < -0.39 is 9.64 Å². The van der Waals surface area contributed by atoms with E-state index in [4.69, 9.17) is 8.76 Å². The SMILES string of the molecule is CCc1ccc2ccccc2c1CC.O=[S-](O)=S. The van der Waals surface area contributed by atoms with E-state index in [9.17, 15) is 0 Å². The van der Waals surface area contributed by atoms with Crippen molar-refractivity contribution in [1.29, 1.82) is 0 Å². The lowest BCUT2D eigenvalue weighted by Gasteiger charge is -2.09. The average molecular weight is 281 g/mol. The van der Waals surface area contributed by atoms with E-state index in [0.29, 0.717) is 0 Å². The smallest absolute Gasteiger partial charge is 0.0149 e. The monoisotopic (exact) mass is 281 g/mol. The van der Waals surface area contributed by atoms with E-state index in [1.165, 1.54) is 21.9 Å². The minimum Gasteiger partial charge on any atom is -0.459 e. The van der Waals surface area contributed by atoms with Crippen LogP contribution in [0.2, 0.25) is 0 Å². The van der Waals surface area contributed by atoms with Crippen molar-refractivity contribution in [3.05, 3.63) is 47.5 Å². The highest BCUT2D eigenvalue weighted by Gasteiger charge is 2.03. The van der Waals surface area contributed by atoms with E-state index in [2.05, 4.69) is 61.4 Å². The van der Waals surface area contributed by atoms with Crippen molar-refractivity contribution in [2.24, 2.45) is 0 Å². The zero-order valence-electron chi connectivity index (χ0n) is 10.6. The van der Waals surface area contributed by atoms with E-state index in [1.54, 1.807) is 0 Å². The van der Waals surface area contributed by atoms with Gasteiger partial charge in [-0.1, -0.05) is 59.9 Å². The van der Waals surface area contributed by atoms with E-state index in [1.807, 2.05) is 0 Å². The molecule has 4 heteroatoms. The Morgan fingerprint density at radius 1 is 1.11 bits per heavy atom. The Kier molecular flexibility index (Phi) is 6.25. The number of rotatable bonds is 2. The molecule has 0 fully saturated rings. The molecule has 0 amide bonds. The summed E-state index contributed by atoms with van der Waals surface area (Å²) in [4.78, 5) is 0. The van der Waals surface area contributed by atoms with Gasteiger partial charge in [-0.05, 0) is 34.7 Å². The second-order valence-electron chi connectivity index (χ2n) is 3.85. The van der Waals surface area contributed by atoms with Gasteiger partial charge in [-0.25, -0.2) is 11.2 Å². The van der Waals surface area contributed by atoms with Gasteiger partial charge < -0.3 is 8.76 Å². The van der Waals surface area contributed by atoms with Crippen LogP contribution in [-0.2, 0) is 37.9 Å². The summed E-state index contributed by atoms with van der Waals surface area (Å²) in [7, 11) is -2.03. The highest BCUT2D eigenvalue weighted by Crippen LogP contribution is 2.23. The summed E-state index contributed by atoms with van der Waals surface area (Å²) in [6.07, 6.45) is 2.26. The van der Waals surface area contributed by atoms with Crippen LogP contribution in [0.25, 0.3) is 10.8 Å². The highest BCUT2D eigenvalue weighted by atomic mass is 32.8. The molecule has 0 bridgehead atoms. The molecule has 98 valence electrons. The number of hydrogen-bond acceptors (Lipinski definition) is 3. The molecule has 2 nitrogen and oxygen atoms in total. The highest BCUT2D eigenvalue weighted by molar-refractivity contribution is 8.18. The van der Waals surface area contributed by atoms with Gasteiger partial charge in [0.25, 0.3) is 0 Å². The third-order valence-corrected chi connectivity index (χ3v) is 2.87. The maximum Gasteiger partial charge on any atom is -0.0149 e. The van der Waals surface area contributed by atoms with Crippen LogP contribution in [0.4, 0.5) is 0 Å². The molecule has 0 radical (unpaired) electrons. The molecule has 0 atom stereocenters. The van der Waals surface area contributed by atoms with Crippen molar-refractivity contribution < 1.29 is 8.76 Å². The fourth-order valence-corrected chi connectivity index (χ4v) is 2.13. The first-order valence-corrected chi connectivity index (χ1v) is 7.91. The number of benzene rings is 2. The van der Waals surface area contributed by atoms with Crippen LogP contribution in [0.5, 0.6) is 0 Å². The summed E-state index contributed by atoms with van der Waals surface area (Å²) in [5.41, 5.74) is 3.01. The van der Waals surface area contributed by atoms with E-state index in [-0.39, 0.29) is 0 Å². The van der Waals surface area contributed by atoms with Crippen molar-refractivity contribution in [1.82, 2.24) is 0 Å². The molecular weight excluding hydrogens is 264 g/mol. The molecule has 0 spiro atoms. The van der Waals surface area contributed by atoms with Crippen molar-refractivity contribution in [2.45, 2.75) is 26.7 Å². The Balaban J connectivity index is 0.000000357. The second-order valence-corrected chi connectivity index (χ2v) is 5.14. The minimum atomic E-state index is -2.03. The Hall–Kier alpha value is -0.970. The summed E-state index contributed by atoms with van der Waals surface area (Å²) in [5.74, 6) is 0. The predicted molar refractivity (Wildman–Crippen MR) is 80.7 cm³/mol. The van der Waals surface area contributed by atoms with Gasteiger partial charge in [-0.2, -0.15) is 0 Å². The molecule has 18 heavy (non-hydrogen) atoms. The van der Waals surface area contributed by atoms with Crippen LogP contribution >= 0.6 is 0 Å². The van der Waals surface area contributed by atoms with E-state index in [0.717, 1.165) is 12.8 Å². The Labute approximate surface area is 115 Å². The Morgan fingerprint density at radius 3 is 2.28 bits per heavy atom. The predicted octanol–water partition coefficient (Wildman–Crippen LogP) is 3.85. The summed E-state index contributed by atoms with van der Waals surface area (Å²) in [6, 6.07) is 13.1. The largest absolute Gasteiger partial charge is 0.459 e. The van der Waals surface area contributed by atoms with Crippen molar-refractivity contribution >= 4 is 31.6 Å². The third kappa shape index (κ3) is 4.05. The van der Waals surface area contributed by atoms with Gasteiger partial charge >= 0.3 is 0 Å². The van der Waals surface area contributed by atoms with Crippen molar-refractivity contribution in [2.75, 3.05) is 0 Å². The molecule has 0 aromatic heterocycles. The van der Waals surface area contributed by atoms with Gasteiger partial charge in [0.1, 0.15) is 0 Å². The van der Waals surface area contributed by atoms with Crippen LogP contribution < -0.4 is 0 Å². The fraction of sp³-hybridized carbons (Fsp3) is 0.286. The molecule has 0 aliphatic rings. The third-order valence-electron chi connectivity index (χ3n) is 2.87. The summed E-state index contributed by atoms with van der Waals surface area (Å²) in [5, 5.41) is 2.79. The molecule has 0 unspecified atom stereocenters. The van der Waals surface area contributed by atoms with Crippen LogP contribution in [-0.4, -0.2) is 4.55 Å². The summed E-state index contributed by atoms with van der Waals surface area (Å²) >= 11 is 3.65. The van der Waals surface area contributed by atoms with E-state index >= 15 is 0 Å². The van der Waals surface area contributed by atoms with Crippen LogP contribution in [0.3, 0.4) is 0 Å². The molecule has 0 saturated carbocycles. The molecule has 0 aliphatic carbocycles. The molecule has 1 N–H and O–H groups in total. The number of hydrogen-bond donors (Lipinski definition) is 1. The zero-order chi connectivity index (χ0) is 13.5. The standard InChI is InChI=1S/C14H16.HO2S2/c1-3-11-9-10-12-7-5-6-8-14(12)13(11)4-2;1-4(2)3/h5-10H,3-4H2,1-2H3;(H,1,2,3)/q;-1. The number of aryl methyl sites for hydroxylation is 2. The summed E-state index contributed by atoms with van der Waals surface area (Å²) < 4.78 is 16.3. The first-order chi connectivity index (χ1) is 8.60. The van der Waals surface area contributed by atoms with Gasteiger partial charge in [-0.15, -0.1) is 0 Å². The molecule has 0 saturated heterocycles. The maximum absolute atomic E-state index is 8.93. The van der Waals surface area contributed by atoms with Gasteiger partial charge in [0, 0.05) is 0 Å². The molecule has 2 rings (SSSR count). The zero-order valence-corrected chi connectivity index (χ0v) is 12.2. The number of fused-ring (bicyclic) bond motifs is 1. The first-order valence-electron chi connectivity index (χ1n) is 5.88. The Bertz CT molecular complexity index is 581. The lowest BCUT2D eigenvalue weighted by molar-refractivity contribution is 0.536. The first kappa shape index (κ1) is 15.1. The van der Waals surface area contributed by atoms with Gasteiger partial charge in [0.15, 0.2) is 0 Å². The molecule has 0 aliphatic heterocycles. The van der Waals surface area contributed by atoms with Crippen LogP contribution in [0.1, 0.15) is 25.0 Å². The normalized spacial score (nSPS) is 10.2. The quantitative estimate of drug-likeness (QED) is 0.671. The molecule has 2 aromatic carbocycles. The Morgan fingerprint density at radius 2 is 1.72 bits per heavy atom. The van der Waals surface area contributed by atoms with Crippen molar-refractivity contribution in [3.63, 3.8) is 0 Å². The van der Waals surface area contributed by atoms with Crippen molar-refractivity contribution in [3.8, 4) is 0 Å². The lowest BCUT2D eigenvalue weighted by atomic mass is 9.96. The molecule has 2 aromatic rings. The van der Waals surface area contributed by atoms with Crippen LogP contribution in [0.15, 0.2) is 36.4 Å². The molecule has 0 heterocycles. The summed E-state index contributed by atoms with van der Waals surface area (Å²) in [6.45, 7) is 4.46. The van der Waals surface area contributed by atoms with Gasteiger partial charge in [-0.3, -0.25) is 0 Å². The van der Waals surface area contributed by atoms with Gasteiger partial charge in [0.2, 0.25) is 0 Å². The minimum absolute atomic E-state index is 1.13.